The fourth-order valence-electron chi connectivity index (χ4n) is 3.57. The molecule has 0 spiro atoms. The molecule has 1 unspecified atom stereocenters. The van der Waals surface area contributed by atoms with Gasteiger partial charge in [0.05, 0.1) is 28.6 Å². The fourth-order valence-corrected chi connectivity index (χ4v) is 4.88. The van der Waals surface area contributed by atoms with E-state index in [1.54, 1.807) is 30.3 Å². The number of nitrogens with zero attached hydrogens (tertiary/aromatic N) is 1. The van der Waals surface area contributed by atoms with E-state index in [-0.39, 0.29) is 37.9 Å². The van der Waals surface area contributed by atoms with E-state index in [0.717, 1.165) is 0 Å². The number of fused-ring (bicyclic) bond motifs is 1. The normalized spacial score (nSPS) is 15.0. The molecule has 1 aliphatic heterocycles. The van der Waals surface area contributed by atoms with Crippen LogP contribution in [0.5, 0.6) is 11.5 Å². The van der Waals surface area contributed by atoms with E-state index in [2.05, 4.69) is 6.07 Å². The number of allylic oxidation sites excluding steroid dienone is 1. The van der Waals surface area contributed by atoms with Crippen LogP contribution in [-0.4, -0.2) is 21.5 Å². The Balaban J connectivity index is 1.71. The van der Waals surface area contributed by atoms with Crippen LogP contribution >= 0.6 is 23.2 Å². The number of nitrogens with two attached hydrogens (primary N) is 1. The number of carbonyl (C=O) groups is 1. The van der Waals surface area contributed by atoms with Gasteiger partial charge in [0, 0.05) is 11.6 Å². The van der Waals surface area contributed by atoms with Gasteiger partial charge in [-0.05, 0) is 42.0 Å². The van der Waals surface area contributed by atoms with Gasteiger partial charge in [-0.3, -0.25) is 0 Å². The Morgan fingerprint density at radius 2 is 1.77 bits per heavy atom. The van der Waals surface area contributed by atoms with Crippen molar-refractivity contribution in [1.82, 2.24) is 0 Å². The Labute approximate surface area is 211 Å². The second-order valence-electron chi connectivity index (χ2n) is 7.35. The number of esters is 1. The Hall–Kier alpha value is -3.71. The lowest BCUT2D eigenvalue weighted by molar-refractivity contribution is 0.0600. The summed E-state index contributed by atoms with van der Waals surface area (Å²) in [4.78, 5) is 11.6. The second kappa shape index (κ2) is 9.50. The average Bonchev–Trinajstić information content (AvgIpc) is 2.84. The van der Waals surface area contributed by atoms with Crippen molar-refractivity contribution < 1.29 is 26.9 Å². The van der Waals surface area contributed by atoms with Crippen LogP contribution in [0.2, 0.25) is 10.0 Å². The first-order valence-electron chi connectivity index (χ1n) is 9.94. The van der Waals surface area contributed by atoms with Crippen LogP contribution in [0.4, 0.5) is 0 Å². The Morgan fingerprint density at radius 1 is 1.06 bits per heavy atom. The van der Waals surface area contributed by atoms with Crippen LogP contribution in [0.15, 0.2) is 77.0 Å². The summed E-state index contributed by atoms with van der Waals surface area (Å²) >= 11 is 11.8. The maximum absolute atomic E-state index is 12.7. The third-order valence-electron chi connectivity index (χ3n) is 5.24. The summed E-state index contributed by atoms with van der Waals surface area (Å²) in [6, 6.07) is 16.7. The first-order valence-corrected chi connectivity index (χ1v) is 12.1. The van der Waals surface area contributed by atoms with Gasteiger partial charge in [0.1, 0.15) is 28.0 Å². The van der Waals surface area contributed by atoms with Gasteiger partial charge >= 0.3 is 16.1 Å². The molecule has 0 aromatic heterocycles. The van der Waals surface area contributed by atoms with E-state index in [1.165, 1.54) is 37.4 Å². The number of halogens is 2. The first-order chi connectivity index (χ1) is 16.6. The van der Waals surface area contributed by atoms with Crippen molar-refractivity contribution in [2.24, 2.45) is 5.73 Å². The van der Waals surface area contributed by atoms with Gasteiger partial charge in [-0.25, -0.2) is 4.79 Å². The molecule has 1 aliphatic rings. The molecule has 35 heavy (non-hydrogen) atoms. The molecule has 0 fully saturated rings. The van der Waals surface area contributed by atoms with Crippen molar-refractivity contribution in [3.63, 3.8) is 0 Å². The number of hydrogen-bond donors (Lipinski definition) is 1. The monoisotopic (exact) mass is 530 g/mol. The van der Waals surface area contributed by atoms with Gasteiger partial charge in [-0.1, -0.05) is 41.4 Å². The number of ether oxygens (including phenoxy) is 2. The SMILES string of the molecule is COC(=O)c1ccc(C2C(C#N)=C(N)Oc3cc(OS(=O)(=O)c4ccc(Cl)c(Cl)c4)ccc32)cc1. The number of hydrogen-bond acceptors (Lipinski definition) is 8. The van der Waals surface area contributed by atoms with E-state index >= 15 is 0 Å². The van der Waals surface area contributed by atoms with Gasteiger partial charge in [-0.15, -0.1) is 0 Å². The molecular formula is C24H16Cl2N2O6S. The van der Waals surface area contributed by atoms with Crippen LogP contribution < -0.4 is 14.7 Å². The summed E-state index contributed by atoms with van der Waals surface area (Å²) in [7, 11) is -2.95. The Kier molecular flexibility index (Phi) is 6.63. The average molecular weight is 531 g/mol. The first kappa shape index (κ1) is 24.4. The van der Waals surface area contributed by atoms with Crippen molar-refractivity contribution in [3.8, 4) is 17.6 Å². The molecule has 0 radical (unpaired) electrons. The van der Waals surface area contributed by atoms with E-state index < -0.39 is 22.0 Å². The summed E-state index contributed by atoms with van der Waals surface area (Å²) in [6.45, 7) is 0. The molecule has 0 bridgehead atoms. The van der Waals surface area contributed by atoms with Crippen LogP contribution in [-0.2, 0) is 14.9 Å². The van der Waals surface area contributed by atoms with Crippen molar-refractivity contribution in [3.05, 3.63) is 98.9 Å². The number of rotatable bonds is 5. The Bertz CT molecular complexity index is 1510. The molecule has 1 atom stereocenters. The summed E-state index contributed by atoms with van der Waals surface area (Å²) < 4.78 is 41.0. The summed E-state index contributed by atoms with van der Waals surface area (Å²) in [6.07, 6.45) is 0. The van der Waals surface area contributed by atoms with Gasteiger partial charge in [0.2, 0.25) is 5.88 Å². The lowest BCUT2D eigenvalue weighted by Crippen LogP contribution is -2.21. The molecule has 11 heteroatoms. The minimum absolute atomic E-state index is 0.0391. The topological polar surface area (TPSA) is 129 Å². The third kappa shape index (κ3) is 4.77. The van der Waals surface area contributed by atoms with E-state index in [4.69, 9.17) is 42.6 Å². The quantitative estimate of drug-likeness (QED) is 0.369. The van der Waals surface area contributed by atoms with E-state index in [0.29, 0.717) is 16.7 Å². The molecule has 4 rings (SSSR count). The van der Waals surface area contributed by atoms with Crippen LogP contribution in [0, 0.1) is 11.3 Å². The zero-order valence-electron chi connectivity index (χ0n) is 18.0. The predicted molar refractivity (Wildman–Crippen MR) is 128 cm³/mol. The molecule has 0 aliphatic carbocycles. The van der Waals surface area contributed by atoms with Crippen LogP contribution in [0.3, 0.4) is 0 Å². The minimum Gasteiger partial charge on any atom is -0.465 e. The molecule has 3 aromatic rings. The predicted octanol–water partition coefficient (Wildman–Crippen LogP) is 4.77. The molecule has 0 saturated heterocycles. The molecule has 178 valence electrons. The zero-order valence-corrected chi connectivity index (χ0v) is 20.3. The van der Waals surface area contributed by atoms with Crippen LogP contribution in [0.1, 0.15) is 27.4 Å². The highest BCUT2D eigenvalue weighted by Gasteiger charge is 2.31. The lowest BCUT2D eigenvalue weighted by Gasteiger charge is -2.26. The summed E-state index contributed by atoms with van der Waals surface area (Å²) in [5, 5.41) is 9.97. The van der Waals surface area contributed by atoms with Crippen LogP contribution in [0.25, 0.3) is 0 Å². The van der Waals surface area contributed by atoms with Gasteiger partial charge < -0.3 is 19.4 Å². The number of carbonyl (C=O) groups excluding carboxylic acids is 1. The molecule has 0 saturated carbocycles. The molecule has 3 aromatic carbocycles. The smallest absolute Gasteiger partial charge is 0.339 e. The third-order valence-corrected chi connectivity index (χ3v) is 7.22. The van der Waals surface area contributed by atoms with Crippen molar-refractivity contribution in [2.75, 3.05) is 7.11 Å². The summed E-state index contributed by atoms with van der Waals surface area (Å²) in [5.41, 5.74) is 7.74. The highest BCUT2D eigenvalue weighted by molar-refractivity contribution is 7.87. The maximum Gasteiger partial charge on any atom is 0.339 e. The number of nitriles is 1. The van der Waals surface area contributed by atoms with Gasteiger partial charge in [0.15, 0.2) is 0 Å². The molecule has 1 heterocycles. The highest BCUT2D eigenvalue weighted by atomic mass is 35.5. The maximum atomic E-state index is 12.7. The molecule has 2 N–H and O–H groups in total. The largest absolute Gasteiger partial charge is 0.465 e. The highest BCUT2D eigenvalue weighted by Crippen LogP contribution is 2.43. The zero-order chi connectivity index (χ0) is 25.3. The molecule has 0 amide bonds. The van der Waals surface area contributed by atoms with Crippen molar-refractivity contribution in [2.45, 2.75) is 10.8 Å². The van der Waals surface area contributed by atoms with Crippen molar-refractivity contribution >= 4 is 39.3 Å². The van der Waals surface area contributed by atoms with Gasteiger partial charge in [-0.2, -0.15) is 13.7 Å². The standard InChI is InChI=1S/C24H16Cl2N2O6S/c1-32-24(29)14-4-2-13(3-5-14)22-17-8-6-15(10-21(17)33-23(28)18(22)12-27)34-35(30,31)16-7-9-19(25)20(26)11-16/h2-11,22H,28H2,1H3. The number of methoxy groups -OCH3 is 1. The fraction of sp³-hybridized carbons (Fsp3) is 0.0833. The second-order valence-corrected chi connectivity index (χ2v) is 9.71. The lowest BCUT2D eigenvalue weighted by atomic mass is 9.83. The van der Waals surface area contributed by atoms with Gasteiger partial charge in [0.25, 0.3) is 0 Å². The summed E-state index contributed by atoms with van der Waals surface area (Å²) in [5.74, 6) is -1.07. The molecule has 8 nitrogen and oxygen atoms in total. The Morgan fingerprint density at radius 3 is 2.40 bits per heavy atom. The number of benzene rings is 3. The van der Waals surface area contributed by atoms with Crippen molar-refractivity contribution in [1.29, 1.82) is 5.26 Å². The minimum atomic E-state index is -4.23. The van der Waals surface area contributed by atoms with E-state index in [9.17, 15) is 18.5 Å². The molecular weight excluding hydrogens is 515 g/mol. The van der Waals surface area contributed by atoms with E-state index in [1.807, 2.05) is 0 Å².